The second kappa shape index (κ2) is 2.89. The molecule has 0 aliphatic heterocycles. The van der Waals surface area contributed by atoms with Crippen molar-refractivity contribution in [3.8, 4) is 0 Å². The molecule has 0 N–H and O–H groups in total. The molecule has 0 saturated carbocycles. The normalized spacial score (nSPS) is 10.8. The fraction of sp³-hybridized carbons (Fsp3) is 0.375. The Balaban J connectivity index is 2.46. The van der Waals surface area contributed by atoms with E-state index >= 15 is 0 Å². The Bertz CT molecular complexity index is 379. The monoisotopic (exact) mass is 162 g/mol. The van der Waals surface area contributed by atoms with Crippen LogP contribution in [0.1, 0.15) is 19.0 Å². The molecule has 0 bridgehead atoms. The van der Waals surface area contributed by atoms with Gasteiger partial charge in [-0.1, -0.05) is 13.3 Å². The van der Waals surface area contributed by atoms with E-state index in [2.05, 4.69) is 22.1 Å². The van der Waals surface area contributed by atoms with Crippen LogP contribution in [0, 0.1) is 0 Å². The molecular formula is C8H10N4. The van der Waals surface area contributed by atoms with Crippen molar-refractivity contribution in [3.63, 3.8) is 0 Å². The molecule has 0 amide bonds. The van der Waals surface area contributed by atoms with Gasteiger partial charge >= 0.3 is 0 Å². The Kier molecular flexibility index (Phi) is 1.74. The van der Waals surface area contributed by atoms with E-state index in [4.69, 9.17) is 0 Å². The first-order chi connectivity index (χ1) is 5.90. The summed E-state index contributed by atoms with van der Waals surface area (Å²) in [4.78, 5) is 4.25. The second-order valence-corrected chi connectivity index (χ2v) is 2.73. The van der Waals surface area contributed by atoms with Crippen molar-refractivity contribution in [2.75, 3.05) is 0 Å². The molecule has 2 heterocycles. The van der Waals surface area contributed by atoms with E-state index in [0.717, 1.165) is 24.2 Å². The molecule has 2 aromatic heterocycles. The number of aromatic nitrogens is 4. The number of hydrogen-bond donors (Lipinski definition) is 0. The quantitative estimate of drug-likeness (QED) is 0.663. The summed E-state index contributed by atoms with van der Waals surface area (Å²) in [5.41, 5.74) is 1.89. The molecular weight excluding hydrogens is 152 g/mol. The largest absolute Gasteiger partial charge is 0.286 e. The van der Waals surface area contributed by atoms with E-state index in [-0.39, 0.29) is 0 Å². The highest BCUT2D eigenvalue weighted by Crippen LogP contribution is 2.01. The van der Waals surface area contributed by atoms with Crippen molar-refractivity contribution in [1.82, 2.24) is 19.6 Å². The number of fused-ring (bicyclic) bond motifs is 1. The van der Waals surface area contributed by atoms with E-state index in [1.807, 2.05) is 10.6 Å². The van der Waals surface area contributed by atoms with Crippen molar-refractivity contribution in [2.24, 2.45) is 0 Å². The molecule has 0 unspecified atom stereocenters. The van der Waals surface area contributed by atoms with Crippen LogP contribution in [-0.2, 0) is 6.42 Å². The molecule has 0 aliphatic rings. The zero-order valence-electron chi connectivity index (χ0n) is 6.94. The van der Waals surface area contributed by atoms with Gasteiger partial charge in [-0.15, -0.1) is 10.2 Å². The zero-order valence-corrected chi connectivity index (χ0v) is 6.94. The van der Waals surface area contributed by atoms with Crippen LogP contribution < -0.4 is 0 Å². The molecule has 12 heavy (non-hydrogen) atoms. The minimum absolute atomic E-state index is 0.801. The lowest BCUT2D eigenvalue weighted by molar-refractivity contribution is 0.865. The van der Waals surface area contributed by atoms with Crippen LogP contribution >= 0.6 is 0 Å². The summed E-state index contributed by atoms with van der Waals surface area (Å²) >= 11 is 0. The Morgan fingerprint density at radius 2 is 2.42 bits per heavy atom. The molecule has 0 atom stereocenters. The van der Waals surface area contributed by atoms with Crippen molar-refractivity contribution in [3.05, 3.63) is 24.4 Å². The lowest BCUT2D eigenvalue weighted by Gasteiger charge is -1.96. The number of rotatable bonds is 2. The van der Waals surface area contributed by atoms with Crippen LogP contribution in [0.3, 0.4) is 0 Å². The van der Waals surface area contributed by atoms with Gasteiger partial charge in [0.1, 0.15) is 6.33 Å². The first-order valence-corrected chi connectivity index (χ1v) is 4.04. The maximum Gasteiger partial charge on any atom is 0.179 e. The van der Waals surface area contributed by atoms with Crippen molar-refractivity contribution in [2.45, 2.75) is 19.8 Å². The average Bonchev–Trinajstić information content (AvgIpc) is 2.51. The van der Waals surface area contributed by atoms with Gasteiger partial charge in [-0.05, 0) is 6.42 Å². The fourth-order valence-electron chi connectivity index (χ4n) is 1.16. The van der Waals surface area contributed by atoms with Crippen LogP contribution in [-0.4, -0.2) is 19.6 Å². The van der Waals surface area contributed by atoms with E-state index in [0.29, 0.717) is 0 Å². The van der Waals surface area contributed by atoms with Gasteiger partial charge in [0, 0.05) is 6.20 Å². The van der Waals surface area contributed by atoms with Gasteiger partial charge in [0.2, 0.25) is 0 Å². The molecule has 0 saturated heterocycles. The lowest BCUT2D eigenvalue weighted by atomic mass is 10.3. The molecule has 0 aliphatic carbocycles. The molecule has 2 rings (SSSR count). The van der Waals surface area contributed by atoms with Crippen LogP contribution in [0.25, 0.3) is 5.65 Å². The highest BCUT2D eigenvalue weighted by atomic mass is 15.2. The van der Waals surface area contributed by atoms with E-state index in [1.165, 1.54) is 0 Å². The lowest BCUT2D eigenvalue weighted by Crippen LogP contribution is -1.93. The van der Waals surface area contributed by atoms with Crippen LogP contribution in [0.2, 0.25) is 0 Å². The van der Waals surface area contributed by atoms with Gasteiger partial charge in [-0.25, -0.2) is 0 Å². The predicted molar refractivity (Wildman–Crippen MR) is 44.8 cm³/mol. The Hall–Kier alpha value is -1.45. The minimum atomic E-state index is 0.801. The summed E-state index contributed by atoms with van der Waals surface area (Å²) in [5.74, 6) is 0. The molecule has 62 valence electrons. The van der Waals surface area contributed by atoms with Gasteiger partial charge in [0.15, 0.2) is 5.65 Å². The molecule has 4 heteroatoms. The highest BCUT2D eigenvalue weighted by molar-refractivity contribution is 5.32. The van der Waals surface area contributed by atoms with Crippen molar-refractivity contribution < 1.29 is 0 Å². The predicted octanol–water partition coefficient (Wildman–Crippen LogP) is 1.08. The molecule has 0 fully saturated rings. The Morgan fingerprint density at radius 1 is 1.50 bits per heavy atom. The first kappa shape index (κ1) is 7.21. The summed E-state index contributed by atoms with van der Waals surface area (Å²) in [6, 6.07) is 0. The second-order valence-electron chi connectivity index (χ2n) is 2.73. The van der Waals surface area contributed by atoms with Crippen molar-refractivity contribution >= 4 is 5.65 Å². The topological polar surface area (TPSA) is 43.1 Å². The van der Waals surface area contributed by atoms with Gasteiger partial charge in [0.25, 0.3) is 0 Å². The smallest absolute Gasteiger partial charge is 0.179 e. The van der Waals surface area contributed by atoms with E-state index in [1.54, 1.807) is 12.5 Å². The molecule has 0 aromatic carbocycles. The van der Waals surface area contributed by atoms with E-state index in [9.17, 15) is 0 Å². The summed E-state index contributed by atoms with van der Waals surface area (Å²) in [6.07, 6.45) is 7.53. The number of aryl methyl sites for hydroxylation is 1. The Morgan fingerprint density at radius 3 is 3.25 bits per heavy atom. The fourth-order valence-corrected chi connectivity index (χ4v) is 1.16. The maximum absolute atomic E-state index is 4.25. The SMILES string of the molecule is CCCc1cn2cnnc2cn1. The number of hydrogen-bond acceptors (Lipinski definition) is 3. The molecule has 4 nitrogen and oxygen atoms in total. The van der Waals surface area contributed by atoms with Gasteiger partial charge in [0.05, 0.1) is 11.9 Å². The summed E-state index contributed by atoms with van der Waals surface area (Å²) < 4.78 is 1.89. The Labute approximate surface area is 70.3 Å². The van der Waals surface area contributed by atoms with Crippen LogP contribution in [0.4, 0.5) is 0 Å². The van der Waals surface area contributed by atoms with Crippen LogP contribution in [0.5, 0.6) is 0 Å². The van der Waals surface area contributed by atoms with E-state index < -0.39 is 0 Å². The van der Waals surface area contributed by atoms with Crippen LogP contribution in [0.15, 0.2) is 18.7 Å². The molecule has 0 radical (unpaired) electrons. The zero-order chi connectivity index (χ0) is 8.39. The van der Waals surface area contributed by atoms with Gasteiger partial charge in [-0.3, -0.25) is 9.38 Å². The average molecular weight is 162 g/mol. The third-order valence-electron chi connectivity index (χ3n) is 1.74. The summed E-state index contributed by atoms with van der Waals surface area (Å²) in [6.45, 7) is 2.14. The highest BCUT2D eigenvalue weighted by Gasteiger charge is 1.96. The maximum atomic E-state index is 4.25. The standard InChI is InChI=1S/C8H10N4/c1-2-3-7-5-12-6-10-11-8(12)4-9-7/h4-6H,2-3H2,1H3. The minimum Gasteiger partial charge on any atom is -0.286 e. The van der Waals surface area contributed by atoms with Gasteiger partial charge in [-0.2, -0.15) is 0 Å². The summed E-state index contributed by atoms with van der Waals surface area (Å²) in [7, 11) is 0. The third-order valence-corrected chi connectivity index (χ3v) is 1.74. The number of nitrogens with zero attached hydrogens (tertiary/aromatic N) is 4. The first-order valence-electron chi connectivity index (χ1n) is 4.04. The summed E-state index contributed by atoms with van der Waals surface area (Å²) in [5, 5.41) is 7.65. The van der Waals surface area contributed by atoms with Crippen molar-refractivity contribution in [1.29, 1.82) is 0 Å². The molecule has 2 aromatic rings. The van der Waals surface area contributed by atoms with Gasteiger partial charge < -0.3 is 0 Å². The molecule has 0 spiro atoms. The third kappa shape index (κ3) is 1.15.